The van der Waals surface area contributed by atoms with Crippen molar-refractivity contribution < 1.29 is 4.74 Å². The minimum Gasteiger partial charge on any atom is -0.493 e. The van der Waals surface area contributed by atoms with Crippen LogP contribution in [0.15, 0.2) is 36.1 Å². The van der Waals surface area contributed by atoms with Gasteiger partial charge in [0.25, 0.3) is 0 Å². The lowest BCUT2D eigenvalue weighted by Gasteiger charge is -2.11. The molecule has 0 saturated heterocycles. The Morgan fingerprint density at radius 2 is 2.08 bits per heavy atom. The fourth-order valence-electron chi connectivity index (χ4n) is 0.754. The third-order valence-corrected chi connectivity index (χ3v) is 1.43. The second kappa shape index (κ2) is 6.53. The van der Waals surface area contributed by atoms with Gasteiger partial charge >= 0.3 is 0 Å². The molecule has 0 atom stereocenters. The highest BCUT2D eigenvalue weighted by molar-refractivity contribution is 5.24. The molecular formula is C12H20O. The molecule has 0 aromatic rings. The van der Waals surface area contributed by atoms with E-state index in [4.69, 9.17) is 4.74 Å². The summed E-state index contributed by atoms with van der Waals surface area (Å²) >= 11 is 0. The topological polar surface area (TPSA) is 9.23 Å². The minimum atomic E-state index is 0.549. The molecule has 0 fully saturated rings. The van der Waals surface area contributed by atoms with Gasteiger partial charge in [0, 0.05) is 0 Å². The smallest absolute Gasteiger partial charge is 0.121 e. The highest BCUT2D eigenvalue weighted by atomic mass is 16.5. The summed E-state index contributed by atoms with van der Waals surface area (Å²) in [5.41, 5.74) is 0.971. The van der Waals surface area contributed by atoms with E-state index in [1.54, 1.807) is 0 Å². The minimum absolute atomic E-state index is 0.549. The van der Waals surface area contributed by atoms with Crippen LogP contribution in [0.5, 0.6) is 0 Å². The van der Waals surface area contributed by atoms with Gasteiger partial charge in [-0.3, -0.25) is 0 Å². The first kappa shape index (κ1) is 12.0. The van der Waals surface area contributed by atoms with Gasteiger partial charge in [-0.2, -0.15) is 0 Å². The predicted molar refractivity (Wildman–Crippen MR) is 58.5 cm³/mol. The van der Waals surface area contributed by atoms with Gasteiger partial charge in [-0.15, -0.1) is 0 Å². The molecule has 74 valence electrons. The highest BCUT2D eigenvalue weighted by Gasteiger charge is 1.99. The monoisotopic (exact) mass is 180 g/mol. The largest absolute Gasteiger partial charge is 0.493 e. The molecule has 0 bridgehead atoms. The van der Waals surface area contributed by atoms with Gasteiger partial charge in [0.1, 0.15) is 5.76 Å². The third kappa shape index (κ3) is 6.21. The summed E-state index contributed by atoms with van der Waals surface area (Å²) in [5.74, 6) is 1.43. The molecule has 13 heavy (non-hydrogen) atoms. The van der Waals surface area contributed by atoms with Crippen molar-refractivity contribution in [2.24, 2.45) is 5.92 Å². The zero-order valence-electron chi connectivity index (χ0n) is 9.13. The number of hydrogen-bond donors (Lipinski definition) is 0. The lowest BCUT2D eigenvalue weighted by molar-refractivity contribution is 0.186. The van der Waals surface area contributed by atoms with Crippen molar-refractivity contribution in [2.75, 3.05) is 6.61 Å². The van der Waals surface area contributed by atoms with E-state index < -0.39 is 0 Å². The van der Waals surface area contributed by atoms with Gasteiger partial charge in [-0.1, -0.05) is 32.6 Å². The Morgan fingerprint density at radius 1 is 1.46 bits per heavy atom. The average Bonchev–Trinajstić information content (AvgIpc) is 2.03. The van der Waals surface area contributed by atoms with Gasteiger partial charge in [-0.25, -0.2) is 0 Å². The molecule has 0 aliphatic heterocycles. The van der Waals surface area contributed by atoms with Crippen LogP contribution in [0.4, 0.5) is 0 Å². The highest BCUT2D eigenvalue weighted by Crippen LogP contribution is 2.10. The van der Waals surface area contributed by atoms with Gasteiger partial charge in [0.2, 0.25) is 0 Å². The Labute approximate surface area is 81.8 Å². The average molecular weight is 180 g/mol. The third-order valence-electron chi connectivity index (χ3n) is 1.43. The standard InChI is InChI=1S/C12H20O/c1-6-7-8-12(11(4)5)13-9-10(2)3/h6-8,10H,4,9H2,1-3,5H3/b7-6-,12-8+. The summed E-state index contributed by atoms with van der Waals surface area (Å²) in [6.07, 6.45) is 5.89. The summed E-state index contributed by atoms with van der Waals surface area (Å²) < 4.78 is 5.58. The van der Waals surface area contributed by atoms with Crippen LogP contribution in [-0.2, 0) is 4.74 Å². The maximum atomic E-state index is 5.58. The van der Waals surface area contributed by atoms with Crippen LogP contribution in [-0.4, -0.2) is 6.61 Å². The summed E-state index contributed by atoms with van der Waals surface area (Å²) in [6.45, 7) is 12.8. The van der Waals surface area contributed by atoms with E-state index in [9.17, 15) is 0 Å². The summed E-state index contributed by atoms with van der Waals surface area (Å²) in [5, 5.41) is 0. The molecule has 0 saturated carbocycles. The lowest BCUT2D eigenvalue weighted by atomic mass is 10.2. The van der Waals surface area contributed by atoms with Crippen LogP contribution in [0.3, 0.4) is 0 Å². The SMILES string of the molecule is C=C(C)/C(=C\C=C/C)OCC(C)C. The first-order chi connectivity index (χ1) is 6.07. The molecule has 0 amide bonds. The van der Waals surface area contributed by atoms with E-state index in [0.717, 1.165) is 17.9 Å². The van der Waals surface area contributed by atoms with E-state index in [1.165, 1.54) is 0 Å². The van der Waals surface area contributed by atoms with Crippen molar-refractivity contribution in [1.29, 1.82) is 0 Å². The number of hydrogen-bond acceptors (Lipinski definition) is 1. The molecule has 0 spiro atoms. The normalized spacial score (nSPS) is 12.5. The van der Waals surface area contributed by atoms with Gasteiger partial charge in [-0.05, 0) is 31.4 Å². The van der Waals surface area contributed by atoms with Crippen molar-refractivity contribution in [1.82, 2.24) is 0 Å². The Morgan fingerprint density at radius 3 is 2.46 bits per heavy atom. The summed E-state index contributed by atoms with van der Waals surface area (Å²) in [6, 6.07) is 0. The molecule has 0 aromatic carbocycles. The molecule has 1 nitrogen and oxygen atoms in total. The molecule has 0 N–H and O–H groups in total. The molecule has 1 heteroatoms. The van der Waals surface area contributed by atoms with Crippen LogP contribution in [0, 0.1) is 5.92 Å². The zero-order chi connectivity index (χ0) is 10.3. The van der Waals surface area contributed by atoms with Crippen LogP contribution in [0.25, 0.3) is 0 Å². The summed E-state index contributed by atoms with van der Waals surface area (Å²) in [4.78, 5) is 0. The zero-order valence-corrected chi connectivity index (χ0v) is 9.13. The number of rotatable bonds is 5. The first-order valence-electron chi connectivity index (χ1n) is 4.69. The van der Waals surface area contributed by atoms with Crippen molar-refractivity contribution in [2.45, 2.75) is 27.7 Å². The van der Waals surface area contributed by atoms with Crippen molar-refractivity contribution in [3.63, 3.8) is 0 Å². The molecule has 0 heterocycles. The molecule has 0 aromatic heterocycles. The van der Waals surface area contributed by atoms with E-state index in [-0.39, 0.29) is 0 Å². The van der Waals surface area contributed by atoms with E-state index in [2.05, 4.69) is 20.4 Å². The maximum absolute atomic E-state index is 5.58. The van der Waals surface area contributed by atoms with E-state index in [1.807, 2.05) is 32.1 Å². The number of ether oxygens (including phenoxy) is 1. The van der Waals surface area contributed by atoms with Crippen molar-refractivity contribution in [3.05, 3.63) is 36.1 Å². The molecule has 0 rings (SSSR count). The second-order valence-corrected chi connectivity index (χ2v) is 3.54. The van der Waals surface area contributed by atoms with Gasteiger partial charge in [0.15, 0.2) is 0 Å². The van der Waals surface area contributed by atoms with Crippen LogP contribution >= 0.6 is 0 Å². The van der Waals surface area contributed by atoms with Crippen molar-refractivity contribution in [3.8, 4) is 0 Å². The second-order valence-electron chi connectivity index (χ2n) is 3.54. The number of allylic oxidation sites excluding steroid dienone is 4. The Balaban J connectivity index is 4.19. The van der Waals surface area contributed by atoms with Crippen molar-refractivity contribution >= 4 is 0 Å². The Bertz CT molecular complexity index is 209. The molecule has 0 radical (unpaired) electrons. The Kier molecular flexibility index (Phi) is 6.03. The first-order valence-corrected chi connectivity index (χ1v) is 4.69. The van der Waals surface area contributed by atoms with Gasteiger partial charge in [0.05, 0.1) is 6.61 Å². The molecule has 0 aliphatic rings. The van der Waals surface area contributed by atoms with E-state index in [0.29, 0.717) is 5.92 Å². The lowest BCUT2D eigenvalue weighted by Crippen LogP contribution is -2.02. The molecule has 0 unspecified atom stereocenters. The Hall–Kier alpha value is -0.980. The maximum Gasteiger partial charge on any atom is 0.121 e. The quantitative estimate of drug-likeness (QED) is 0.463. The van der Waals surface area contributed by atoms with Gasteiger partial charge < -0.3 is 4.74 Å². The van der Waals surface area contributed by atoms with E-state index >= 15 is 0 Å². The fourth-order valence-corrected chi connectivity index (χ4v) is 0.754. The fraction of sp³-hybridized carbons (Fsp3) is 0.500. The predicted octanol–water partition coefficient (Wildman–Crippen LogP) is 3.70. The van der Waals surface area contributed by atoms with Crippen LogP contribution in [0.2, 0.25) is 0 Å². The van der Waals surface area contributed by atoms with Crippen LogP contribution in [0.1, 0.15) is 27.7 Å². The summed E-state index contributed by atoms with van der Waals surface area (Å²) in [7, 11) is 0. The molecule has 0 aliphatic carbocycles. The molecular weight excluding hydrogens is 160 g/mol. The van der Waals surface area contributed by atoms with Crippen LogP contribution < -0.4 is 0 Å².